The quantitative estimate of drug-likeness (QED) is 0.162. The summed E-state index contributed by atoms with van der Waals surface area (Å²) in [7, 11) is 0. The van der Waals surface area contributed by atoms with Crippen LogP contribution in [0.5, 0.6) is 0 Å². The van der Waals surface area contributed by atoms with E-state index in [4.69, 9.17) is 4.74 Å². The van der Waals surface area contributed by atoms with E-state index < -0.39 is 0 Å². The van der Waals surface area contributed by atoms with Gasteiger partial charge in [0.25, 0.3) is 0 Å². The average molecular weight is 353 g/mol. The number of hydrogen-bond donors (Lipinski definition) is 0. The lowest BCUT2D eigenvalue weighted by Crippen LogP contribution is -2.23. The van der Waals surface area contributed by atoms with Crippen molar-refractivity contribution >= 4 is 5.97 Å². The van der Waals surface area contributed by atoms with Crippen molar-refractivity contribution in [2.75, 3.05) is 6.61 Å². The maximum atomic E-state index is 11.6. The van der Waals surface area contributed by atoms with Crippen LogP contribution in [0.4, 0.5) is 0 Å². The Morgan fingerprint density at radius 2 is 1.16 bits per heavy atom. The first-order chi connectivity index (χ1) is 12.0. The highest BCUT2D eigenvalue weighted by Crippen LogP contribution is 2.15. The largest absolute Gasteiger partial charge is 0.465 e. The minimum Gasteiger partial charge on any atom is -0.465 e. The van der Waals surface area contributed by atoms with Crippen molar-refractivity contribution in [3.8, 4) is 0 Å². The molecule has 0 aromatic rings. The topological polar surface area (TPSA) is 26.3 Å². The average Bonchev–Trinajstić information content (AvgIpc) is 2.56. The lowest BCUT2D eigenvalue weighted by atomic mass is 9.97. The molecular formula is C23H44O2. The predicted octanol–water partition coefficient (Wildman–Crippen LogP) is 7.61. The van der Waals surface area contributed by atoms with Gasteiger partial charge in [-0.1, -0.05) is 70.4 Å². The number of allylic oxidation sites excluding steroid dienone is 2. The van der Waals surface area contributed by atoms with E-state index in [1.165, 1.54) is 70.6 Å². The molecule has 0 bridgehead atoms. The van der Waals surface area contributed by atoms with Crippen molar-refractivity contribution in [2.24, 2.45) is 5.41 Å². The molecule has 0 rings (SSSR count). The molecule has 0 heterocycles. The van der Waals surface area contributed by atoms with Gasteiger partial charge in [-0.15, -0.1) is 0 Å². The molecule has 0 aliphatic rings. The van der Waals surface area contributed by atoms with Crippen LogP contribution in [0.25, 0.3) is 0 Å². The lowest BCUT2D eigenvalue weighted by Gasteiger charge is -2.16. The molecule has 0 aliphatic heterocycles. The molecule has 0 amide bonds. The maximum Gasteiger partial charge on any atom is 0.311 e. The van der Waals surface area contributed by atoms with Crippen molar-refractivity contribution < 1.29 is 9.53 Å². The third kappa shape index (κ3) is 17.8. The van der Waals surface area contributed by atoms with Gasteiger partial charge in [-0.25, -0.2) is 0 Å². The van der Waals surface area contributed by atoms with Crippen LogP contribution in [-0.2, 0) is 9.53 Å². The van der Waals surface area contributed by atoms with Crippen molar-refractivity contribution in [3.05, 3.63) is 12.2 Å². The fraction of sp³-hybridized carbons (Fsp3) is 0.870. The summed E-state index contributed by atoms with van der Waals surface area (Å²) in [4.78, 5) is 11.6. The van der Waals surface area contributed by atoms with Crippen molar-refractivity contribution in [2.45, 2.75) is 118 Å². The summed E-state index contributed by atoms with van der Waals surface area (Å²) in [5.74, 6) is -0.0895. The third-order valence-corrected chi connectivity index (χ3v) is 4.50. The number of unbranched alkanes of at least 4 members (excludes halogenated alkanes) is 12. The summed E-state index contributed by atoms with van der Waals surface area (Å²) in [6.07, 6.45) is 23.0. The van der Waals surface area contributed by atoms with Gasteiger partial charge in [0.2, 0.25) is 0 Å². The Kier molecular flexibility index (Phi) is 16.1. The molecular weight excluding hydrogens is 308 g/mol. The van der Waals surface area contributed by atoms with Gasteiger partial charge >= 0.3 is 5.97 Å². The molecule has 0 aliphatic carbocycles. The minimum absolute atomic E-state index is 0.0895. The Balaban J connectivity index is 3.22. The molecule has 2 heteroatoms. The van der Waals surface area contributed by atoms with E-state index in [9.17, 15) is 4.79 Å². The Morgan fingerprint density at radius 1 is 0.720 bits per heavy atom. The second-order valence-corrected chi connectivity index (χ2v) is 8.32. The predicted molar refractivity (Wildman–Crippen MR) is 110 cm³/mol. The SMILES string of the molecule is CCCCCCCCCCC/C=C/CCCCCOC(=O)C(C)(C)C. The van der Waals surface area contributed by atoms with Crippen molar-refractivity contribution in [1.82, 2.24) is 0 Å². The molecule has 0 radical (unpaired) electrons. The van der Waals surface area contributed by atoms with Crippen molar-refractivity contribution in [3.63, 3.8) is 0 Å². The van der Waals surface area contributed by atoms with E-state index in [1.54, 1.807) is 0 Å². The summed E-state index contributed by atoms with van der Waals surface area (Å²) in [5, 5.41) is 0. The zero-order chi connectivity index (χ0) is 18.8. The molecule has 0 fully saturated rings. The van der Waals surface area contributed by atoms with Gasteiger partial charge < -0.3 is 4.74 Å². The van der Waals surface area contributed by atoms with Gasteiger partial charge in [-0.3, -0.25) is 4.79 Å². The Morgan fingerprint density at radius 3 is 1.64 bits per heavy atom. The molecule has 148 valence electrons. The molecule has 0 saturated carbocycles. The smallest absolute Gasteiger partial charge is 0.311 e. The Labute approximate surface area is 157 Å². The van der Waals surface area contributed by atoms with Gasteiger partial charge in [-0.2, -0.15) is 0 Å². The van der Waals surface area contributed by atoms with Gasteiger partial charge in [0.05, 0.1) is 12.0 Å². The molecule has 2 nitrogen and oxygen atoms in total. The van der Waals surface area contributed by atoms with Crippen LogP contribution in [-0.4, -0.2) is 12.6 Å². The number of carbonyl (C=O) groups excluding carboxylic acids is 1. The zero-order valence-corrected chi connectivity index (χ0v) is 17.6. The first-order valence-electron chi connectivity index (χ1n) is 10.8. The number of hydrogen-bond acceptors (Lipinski definition) is 2. The van der Waals surface area contributed by atoms with Crippen LogP contribution in [0.15, 0.2) is 12.2 Å². The molecule has 0 atom stereocenters. The minimum atomic E-state index is -0.377. The lowest BCUT2D eigenvalue weighted by molar-refractivity contribution is -0.153. The van der Waals surface area contributed by atoms with E-state index in [0.717, 1.165) is 19.3 Å². The van der Waals surface area contributed by atoms with Crippen LogP contribution >= 0.6 is 0 Å². The Bertz CT molecular complexity index is 325. The van der Waals surface area contributed by atoms with Crippen LogP contribution in [0, 0.1) is 5.41 Å². The summed E-state index contributed by atoms with van der Waals surface area (Å²) in [6.45, 7) is 8.53. The first kappa shape index (κ1) is 24.2. The van der Waals surface area contributed by atoms with E-state index in [1.807, 2.05) is 20.8 Å². The molecule has 0 N–H and O–H groups in total. The van der Waals surface area contributed by atoms with Crippen LogP contribution in [0.1, 0.15) is 118 Å². The summed E-state index contributed by atoms with van der Waals surface area (Å²) in [6, 6.07) is 0. The van der Waals surface area contributed by atoms with E-state index in [2.05, 4.69) is 19.1 Å². The number of ether oxygens (including phenoxy) is 1. The molecule has 25 heavy (non-hydrogen) atoms. The van der Waals surface area contributed by atoms with Gasteiger partial charge in [0.1, 0.15) is 0 Å². The monoisotopic (exact) mass is 352 g/mol. The number of carbonyl (C=O) groups is 1. The zero-order valence-electron chi connectivity index (χ0n) is 17.6. The third-order valence-electron chi connectivity index (χ3n) is 4.50. The standard InChI is InChI=1S/C23H44O2/c1-5-6-7-8-9-10-11-12-13-14-15-16-17-18-19-20-21-25-22(24)23(2,3)4/h15-16H,5-14,17-21H2,1-4H3/b16-15+. The van der Waals surface area contributed by atoms with E-state index >= 15 is 0 Å². The molecule has 0 unspecified atom stereocenters. The van der Waals surface area contributed by atoms with Gasteiger partial charge in [0.15, 0.2) is 0 Å². The highest BCUT2D eigenvalue weighted by atomic mass is 16.5. The van der Waals surface area contributed by atoms with Crippen molar-refractivity contribution in [1.29, 1.82) is 0 Å². The second-order valence-electron chi connectivity index (χ2n) is 8.32. The molecule has 0 aromatic heterocycles. The molecule has 0 spiro atoms. The summed E-state index contributed by atoms with van der Waals surface area (Å²) >= 11 is 0. The fourth-order valence-corrected chi connectivity index (χ4v) is 2.73. The van der Waals surface area contributed by atoms with Crippen LogP contribution in [0.2, 0.25) is 0 Å². The van der Waals surface area contributed by atoms with Crippen LogP contribution in [0.3, 0.4) is 0 Å². The Hall–Kier alpha value is -0.790. The fourth-order valence-electron chi connectivity index (χ4n) is 2.73. The molecule has 0 saturated heterocycles. The second kappa shape index (κ2) is 16.7. The van der Waals surface area contributed by atoms with E-state index in [0.29, 0.717) is 6.61 Å². The highest BCUT2D eigenvalue weighted by molar-refractivity contribution is 5.75. The normalized spacial score (nSPS) is 12.0. The highest BCUT2D eigenvalue weighted by Gasteiger charge is 2.22. The first-order valence-corrected chi connectivity index (χ1v) is 10.8. The van der Waals surface area contributed by atoms with Crippen LogP contribution < -0.4 is 0 Å². The summed E-state index contributed by atoms with van der Waals surface area (Å²) < 4.78 is 5.27. The van der Waals surface area contributed by atoms with Gasteiger partial charge in [0, 0.05) is 0 Å². The number of esters is 1. The van der Waals surface area contributed by atoms with E-state index in [-0.39, 0.29) is 11.4 Å². The molecule has 0 aromatic carbocycles. The van der Waals surface area contributed by atoms with Gasteiger partial charge in [-0.05, 0) is 59.3 Å². The number of rotatable bonds is 16. The summed E-state index contributed by atoms with van der Waals surface area (Å²) in [5.41, 5.74) is -0.377. The maximum absolute atomic E-state index is 11.6.